The van der Waals surface area contributed by atoms with Gasteiger partial charge >= 0.3 is 0 Å². The minimum absolute atomic E-state index is 0.00513. The molecule has 4 rings (SSSR count). The SMILES string of the molecule is CC(C)c1ccc(N2C(=O)C(Cl)=C(Nc3cccc(C(=O)N4CCCCC4C)c3)C2=O)cc1. The average molecular weight is 466 g/mol. The Bertz CT molecular complexity index is 1120. The Kier molecular flexibility index (Phi) is 6.56. The van der Waals surface area contributed by atoms with Crippen LogP contribution in [-0.2, 0) is 9.59 Å². The van der Waals surface area contributed by atoms with E-state index in [1.165, 1.54) is 0 Å². The molecule has 2 aromatic carbocycles. The quantitative estimate of drug-likeness (QED) is 0.611. The number of amides is 3. The van der Waals surface area contributed by atoms with Gasteiger partial charge in [0.1, 0.15) is 10.7 Å². The Hall–Kier alpha value is -3.12. The molecule has 1 saturated heterocycles. The van der Waals surface area contributed by atoms with Gasteiger partial charge in [-0.2, -0.15) is 0 Å². The second-order valence-corrected chi connectivity index (χ2v) is 9.31. The molecular weight excluding hydrogens is 438 g/mol. The largest absolute Gasteiger partial charge is 0.350 e. The molecule has 33 heavy (non-hydrogen) atoms. The van der Waals surface area contributed by atoms with Gasteiger partial charge < -0.3 is 10.2 Å². The van der Waals surface area contributed by atoms with Crippen molar-refractivity contribution in [2.75, 3.05) is 16.8 Å². The van der Waals surface area contributed by atoms with Crippen molar-refractivity contribution in [2.24, 2.45) is 0 Å². The van der Waals surface area contributed by atoms with Crippen LogP contribution in [-0.4, -0.2) is 35.2 Å². The molecule has 0 bridgehead atoms. The minimum atomic E-state index is -0.573. The molecular formula is C26H28ClN3O3. The fourth-order valence-corrected chi connectivity index (χ4v) is 4.51. The third-order valence-electron chi connectivity index (χ3n) is 6.29. The number of hydrogen-bond acceptors (Lipinski definition) is 4. The number of rotatable bonds is 5. The molecule has 2 aromatic rings. The highest BCUT2D eigenvalue weighted by molar-refractivity contribution is 6.53. The minimum Gasteiger partial charge on any atom is -0.350 e. The summed E-state index contributed by atoms with van der Waals surface area (Å²) in [6, 6.07) is 14.4. The fraction of sp³-hybridized carbons (Fsp3) is 0.346. The molecule has 1 N–H and O–H groups in total. The third kappa shape index (κ3) is 4.53. The molecule has 172 valence electrons. The van der Waals surface area contributed by atoms with E-state index in [1.54, 1.807) is 36.4 Å². The molecule has 7 heteroatoms. The highest BCUT2D eigenvalue weighted by atomic mass is 35.5. The summed E-state index contributed by atoms with van der Waals surface area (Å²) >= 11 is 6.27. The van der Waals surface area contributed by atoms with E-state index in [0.29, 0.717) is 22.9 Å². The van der Waals surface area contributed by atoms with E-state index in [0.717, 1.165) is 36.3 Å². The molecule has 1 atom stereocenters. The van der Waals surface area contributed by atoms with Gasteiger partial charge in [0.15, 0.2) is 0 Å². The van der Waals surface area contributed by atoms with E-state index < -0.39 is 11.8 Å². The molecule has 6 nitrogen and oxygen atoms in total. The van der Waals surface area contributed by atoms with Crippen LogP contribution >= 0.6 is 11.6 Å². The molecule has 0 saturated carbocycles. The summed E-state index contributed by atoms with van der Waals surface area (Å²) in [5.74, 6) is -0.794. The summed E-state index contributed by atoms with van der Waals surface area (Å²) in [6.45, 7) is 6.96. The maximum absolute atomic E-state index is 13.1. The van der Waals surface area contributed by atoms with Crippen molar-refractivity contribution in [1.82, 2.24) is 4.90 Å². The van der Waals surface area contributed by atoms with Crippen LogP contribution in [0.2, 0.25) is 0 Å². The van der Waals surface area contributed by atoms with Gasteiger partial charge in [-0.1, -0.05) is 43.6 Å². The molecule has 3 amide bonds. The number of halogens is 1. The number of carbonyl (C=O) groups is 3. The lowest BCUT2D eigenvalue weighted by atomic mass is 10.0. The molecule has 0 radical (unpaired) electrons. The maximum atomic E-state index is 13.1. The highest BCUT2D eigenvalue weighted by Gasteiger charge is 2.39. The van der Waals surface area contributed by atoms with E-state index in [9.17, 15) is 14.4 Å². The second kappa shape index (κ2) is 9.40. The van der Waals surface area contributed by atoms with Crippen molar-refractivity contribution < 1.29 is 14.4 Å². The lowest BCUT2D eigenvalue weighted by Crippen LogP contribution is -2.42. The van der Waals surface area contributed by atoms with Crippen molar-refractivity contribution >= 4 is 40.7 Å². The third-order valence-corrected chi connectivity index (χ3v) is 6.64. The second-order valence-electron chi connectivity index (χ2n) is 8.93. The van der Waals surface area contributed by atoms with Crippen LogP contribution in [0.4, 0.5) is 11.4 Å². The molecule has 0 spiro atoms. The topological polar surface area (TPSA) is 69.7 Å². The number of nitrogens with zero attached hydrogens (tertiary/aromatic N) is 2. The van der Waals surface area contributed by atoms with E-state index in [1.807, 2.05) is 17.0 Å². The van der Waals surface area contributed by atoms with E-state index >= 15 is 0 Å². The monoisotopic (exact) mass is 465 g/mol. The Morgan fingerprint density at radius 1 is 1.06 bits per heavy atom. The Morgan fingerprint density at radius 3 is 2.45 bits per heavy atom. The molecule has 1 fully saturated rings. The Balaban J connectivity index is 1.54. The van der Waals surface area contributed by atoms with Crippen molar-refractivity contribution in [3.63, 3.8) is 0 Å². The lowest BCUT2D eigenvalue weighted by molar-refractivity contribution is -0.120. The predicted octanol–water partition coefficient (Wildman–Crippen LogP) is 5.26. The summed E-state index contributed by atoms with van der Waals surface area (Å²) in [5.41, 5.74) is 2.64. The van der Waals surface area contributed by atoms with Gasteiger partial charge in [-0.15, -0.1) is 0 Å². The number of carbonyl (C=O) groups excluding carboxylic acids is 3. The number of benzene rings is 2. The first-order chi connectivity index (χ1) is 15.8. The number of hydrogen-bond donors (Lipinski definition) is 1. The number of piperidine rings is 1. The zero-order valence-electron chi connectivity index (χ0n) is 19.1. The smallest absolute Gasteiger partial charge is 0.283 e. The van der Waals surface area contributed by atoms with Crippen LogP contribution in [0.15, 0.2) is 59.3 Å². The van der Waals surface area contributed by atoms with Gasteiger partial charge in [0, 0.05) is 23.8 Å². The molecule has 0 aromatic heterocycles. The highest BCUT2D eigenvalue weighted by Crippen LogP contribution is 2.31. The predicted molar refractivity (Wildman–Crippen MR) is 130 cm³/mol. The van der Waals surface area contributed by atoms with Gasteiger partial charge in [0.05, 0.1) is 5.69 Å². The number of nitrogens with one attached hydrogen (secondary N) is 1. The van der Waals surface area contributed by atoms with Crippen LogP contribution in [0.1, 0.15) is 61.9 Å². The van der Waals surface area contributed by atoms with Crippen LogP contribution < -0.4 is 10.2 Å². The average Bonchev–Trinajstić information content (AvgIpc) is 3.02. The summed E-state index contributed by atoms with van der Waals surface area (Å²) in [7, 11) is 0. The fourth-order valence-electron chi connectivity index (χ4n) is 4.29. The van der Waals surface area contributed by atoms with Crippen molar-refractivity contribution in [3.8, 4) is 0 Å². The molecule has 2 aliphatic rings. The number of likely N-dealkylation sites (tertiary alicyclic amines) is 1. The normalized spacial score (nSPS) is 19.0. The molecule has 0 aliphatic carbocycles. The summed E-state index contributed by atoms with van der Waals surface area (Å²) in [5, 5.41) is 2.80. The maximum Gasteiger partial charge on any atom is 0.283 e. The molecule has 2 heterocycles. The number of anilines is 2. The summed E-state index contributed by atoms with van der Waals surface area (Å²) < 4.78 is 0. The zero-order chi connectivity index (χ0) is 23.7. The first-order valence-electron chi connectivity index (χ1n) is 11.3. The van der Waals surface area contributed by atoms with E-state index in [2.05, 4.69) is 26.1 Å². The molecule has 2 aliphatic heterocycles. The first kappa shape index (κ1) is 23.1. The van der Waals surface area contributed by atoms with Gasteiger partial charge in [-0.25, -0.2) is 4.90 Å². The van der Waals surface area contributed by atoms with Gasteiger partial charge in [0.2, 0.25) is 0 Å². The Labute approximate surface area is 199 Å². The van der Waals surface area contributed by atoms with Gasteiger partial charge in [-0.3, -0.25) is 14.4 Å². The van der Waals surface area contributed by atoms with Gasteiger partial charge in [0.25, 0.3) is 17.7 Å². The van der Waals surface area contributed by atoms with E-state index in [4.69, 9.17) is 11.6 Å². The van der Waals surface area contributed by atoms with Crippen LogP contribution in [0.3, 0.4) is 0 Å². The van der Waals surface area contributed by atoms with Crippen LogP contribution in [0.5, 0.6) is 0 Å². The Morgan fingerprint density at radius 2 is 1.79 bits per heavy atom. The standard InChI is InChI=1S/C26H28ClN3O3/c1-16(2)18-10-12-21(13-11-18)30-25(32)22(27)23(26(30)33)28-20-9-6-8-19(15-20)24(31)29-14-5-4-7-17(29)3/h6,8-13,15-17,28H,4-5,7,14H2,1-3H3. The van der Waals surface area contributed by atoms with Crippen LogP contribution in [0, 0.1) is 0 Å². The lowest BCUT2D eigenvalue weighted by Gasteiger charge is -2.33. The summed E-state index contributed by atoms with van der Waals surface area (Å²) in [4.78, 5) is 41.8. The van der Waals surface area contributed by atoms with Crippen LogP contribution in [0.25, 0.3) is 0 Å². The van der Waals surface area contributed by atoms with E-state index in [-0.39, 0.29) is 22.7 Å². The van der Waals surface area contributed by atoms with Crippen molar-refractivity contribution in [3.05, 3.63) is 70.4 Å². The number of imide groups is 1. The van der Waals surface area contributed by atoms with Crippen molar-refractivity contribution in [1.29, 1.82) is 0 Å². The van der Waals surface area contributed by atoms with Gasteiger partial charge in [-0.05, 0) is 68.0 Å². The zero-order valence-corrected chi connectivity index (χ0v) is 19.9. The summed E-state index contributed by atoms with van der Waals surface area (Å²) in [6.07, 6.45) is 3.13. The van der Waals surface area contributed by atoms with Crippen molar-refractivity contribution in [2.45, 2.75) is 52.0 Å². The first-order valence-corrected chi connectivity index (χ1v) is 11.7. The molecule has 1 unspecified atom stereocenters.